The molecule has 0 aromatic heterocycles. The lowest BCUT2D eigenvalue weighted by atomic mass is 10.1. The fourth-order valence-corrected chi connectivity index (χ4v) is 2.48. The predicted octanol–water partition coefficient (Wildman–Crippen LogP) is 1.49. The number of methoxy groups -OCH3 is 2. The first kappa shape index (κ1) is 17.6. The van der Waals surface area contributed by atoms with Crippen LogP contribution in [0.4, 0.5) is 0 Å². The number of hydrogen-bond acceptors (Lipinski definition) is 4. The molecule has 118 valence electrons. The van der Waals surface area contributed by atoms with Crippen LogP contribution in [0.5, 0.6) is 11.5 Å². The Morgan fingerprint density at radius 3 is 2.67 bits per heavy atom. The van der Waals surface area contributed by atoms with E-state index in [2.05, 4.69) is 12.2 Å². The Bertz CT molecular complexity index is 482. The van der Waals surface area contributed by atoms with Crippen LogP contribution in [0.1, 0.15) is 12.5 Å². The van der Waals surface area contributed by atoms with Gasteiger partial charge in [0.1, 0.15) is 0 Å². The van der Waals surface area contributed by atoms with E-state index in [0.717, 1.165) is 25.2 Å². The van der Waals surface area contributed by atoms with Gasteiger partial charge >= 0.3 is 0 Å². The molecule has 5 nitrogen and oxygen atoms in total. The molecule has 1 aliphatic rings. The molecule has 1 aliphatic heterocycles. The van der Waals surface area contributed by atoms with Crippen molar-refractivity contribution in [3.8, 4) is 11.5 Å². The Hall–Kier alpha value is -1.46. The molecule has 1 atom stereocenters. The number of amides is 1. The van der Waals surface area contributed by atoms with Crippen molar-refractivity contribution in [1.29, 1.82) is 0 Å². The summed E-state index contributed by atoms with van der Waals surface area (Å²) in [6.07, 6.45) is 0.394. The Kier molecular flexibility index (Phi) is 6.78. The maximum Gasteiger partial charge on any atom is 0.227 e. The smallest absolute Gasteiger partial charge is 0.227 e. The fourth-order valence-electron chi connectivity index (χ4n) is 2.48. The predicted molar refractivity (Wildman–Crippen MR) is 84.5 cm³/mol. The van der Waals surface area contributed by atoms with Crippen LogP contribution in [0.3, 0.4) is 0 Å². The highest BCUT2D eigenvalue weighted by atomic mass is 35.5. The van der Waals surface area contributed by atoms with Gasteiger partial charge in [0, 0.05) is 25.7 Å². The van der Waals surface area contributed by atoms with Crippen LogP contribution in [0.25, 0.3) is 0 Å². The summed E-state index contributed by atoms with van der Waals surface area (Å²) in [6.45, 7) is 4.56. The van der Waals surface area contributed by atoms with Gasteiger partial charge in [0.15, 0.2) is 11.5 Å². The summed E-state index contributed by atoms with van der Waals surface area (Å²) in [7, 11) is 3.20. The largest absolute Gasteiger partial charge is 0.493 e. The van der Waals surface area contributed by atoms with E-state index in [1.54, 1.807) is 14.2 Å². The van der Waals surface area contributed by atoms with Crippen LogP contribution >= 0.6 is 12.4 Å². The highest BCUT2D eigenvalue weighted by Gasteiger charge is 2.23. The van der Waals surface area contributed by atoms with Gasteiger partial charge in [-0.15, -0.1) is 12.4 Å². The van der Waals surface area contributed by atoms with Gasteiger partial charge < -0.3 is 19.7 Å². The minimum Gasteiger partial charge on any atom is -0.493 e. The summed E-state index contributed by atoms with van der Waals surface area (Å²) in [5, 5.41) is 3.29. The van der Waals surface area contributed by atoms with Crippen molar-refractivity contribution in [3.63, 3.8) is 0 Å². The SMILES string of the molecule is COc1ccc(CC(=O)N2CCNCC2C)cc1OC.Cl. The van der Waals surface area contributed by atoms with Gasteiger partial charge in [-0.05, 0) is 24.6 Å². The molecule has 1 aromatic carbocycles. The van der Waals surface area contributed by atoms with E-state index < -0.39 is 0 Å². The third-order valence-corrected chi connectivity index (χ3v) is 3.62. The first-order valence-electron chi connectivity index (χ1n) is 6.86. The van der Waals surface area contributed by atoms with Crippen molar-refractivity contribution in [2.45, 2.75) is 19.4 Å². The molecule has 2 rings (SSSR count). The third kappa shape index (κ3) is 4.25. The van der Waals surface area contributed by atoms with Crippen molar-refractivity contribution >= 4 is 18.3 Å². The second-order valence-electron chi connectivity index (χ2n) is 5.01. The van der Waals surface area contributed by atoms with E-state index in [-0.39, 0.29) is 24.4 Å². The molecule has 6 heteroatoms. The maximum absolute atomic E-state index is 12.4. The topological polar surface area (TPSA) is 50.8 Å². The summed E-state index contributed by atoms with van der Waals surface area (Å²) in [5.41, 5.74) is 0.943. The Morgan fingerprint density at radius 2 is 2.05 bits per heavy atom. The highest BCUT2D eigenvalue weighted by Crippen LogP contribution is 2.27. The Balaban J connectivity index is 0.00000220. The molecule has 1 amide bonds. The van der Waals surface area contributed by atoms with Gasteiger partial charge in [-0.3, -0.25) is 4.79 Å². The number of carbonyl (C=O) groups is 1. The van der Waals surface area contributed by atoms with Crippen molar-refractivity contribution in [3.05, 3.63) is 23.8 Å². The molecule has 0 aliphatic carbocycles. The zero-order chi connectivity index (χ0) is 14.5. The number of carbonyl (C=O) groups excluding carboxylic acids is 1. The molecule has 1 aromatic rings. The molecule has 0 radical (unpaired) electrons. The molecular weight excluding hydrogens is 292 g/mol. The molecule has 0 saturated carbocycles. The van der Waals surface area contributed by atoms with Gasteiger partial charge in [0.2, 0.25) is 5.91 Å². The number of ether oxygens (including phenoxy) is 2. The minimum absolute atomic E-state index is 0. The van der Waals surface area contributed by atoms with Gasteiger partial charge in [-0.25, -0.2) is 0 Å². The lowest BCUT2D eigenvalue weighted by molar-refractivity contribution is -0.133. The molecule has 0 bridgehead atoms. The first-order valence-corrected chi connectivity index (χ1v) is 6.86. The quantitative estimate of drug-likeness (QED) is 0.915. The fraction of sp³-hybridized carbons (Fsp3) is 0.533. The Labute approximate surface area is 132 Å². The molecule has 1 unspecified atom stereocenters. The highest BCUT2D eigenvalue weighted by molar-refractivity contribution is 5.85. The third-order valence-electron chi connectivity index (χ3n) is 3.62. The summed E-state index contributed by atoms with van der Waals surface area (Å²) in [5.74, 6) is 1.50. The van der Waals surface area contributed by atoms with E-state index in [0.29, 0.717) is 17.9 Å². The zero-order valence-electron chi connectivity index (χ0n) is 12.7. The van der Waals surface area contributed by atoms with Gasteiger partial charge in [0.05, 0.1) is 20.6 Å². The molecule has 1 heterocycles. The lowest BCUT2D eigenvalue weighted by Gasteiger charge is -2.34. The molecule has 1 N–H and O–H groups in total. The average Bonchev–Trinajstić information content (AvgIpc) is 2.47. The number of nitrogens with one attached hydrogen (secondary N) is 1. The summed E-state index contributed by atoms with van der Waals surface area (Å²) in [6, 6.07) is 5.86. The van der Waals surface area contributed by atoms with Gasteiger partial charge in [0.25, 0.3) is 0 Å². The second-order valence-corrected chi connectivity index (χ2v) is 5.01. The summed E-state index contributed by atoms with van der Waals surface area (Å²) >= 11 is 0. The van der Waals surface area contributed by atoms with Crippen molar-refractivity contribution in [1.82, 2.24) is 10.2 Å². The number of piperazine rings is 1. The van der Waals surface area contributed by atoms with Crippen molar-refractivity contribution in [2.75, 3.05) is 33.9 Å². The Morgan fingerprint density at radius 1 is 1.33 bits per heavy atom. The molecule has 1 fully saturated rings. The van der Waals surface area contributed by atoms with Crippen LogP contribution in [0, 0.1) is 0 Å². The van der Waals surface area contributed by atoms with Crippen LogP contribution in [0.2, 0.25) is 0 Å². The van der Waals surface area contributed by atoms with E-state index in [1.165, 1.54) is 0 Å². The molecule has 0 spiro atoms. The van der Waals surface area contributed by atoms with Gasteiger partial charge in [-0.1, -0.05) is 6.07 Å². The van der Waals surface area contributed by atoms with Crippen LogP contribution < -0.4 is 14.8 Å². The number of halogens is 1. The molecule has 1 saturated heterocycles. The second kappa shape index (κ2) is 8.10. The summed E-state index contributed by atoms with van der Waals surface area (Å²) in [4.78, 5) is 14.3. The minimum atomic E-state index is 0. The average molecular weight is 315 g/mol. The number of benzene rings is 1. The molecular formula is C15H23ClN2O3. The normalized spacial score (nSPS) is 17.9. The first-order chi connectivity index (χ1) is 9.65. The van der Waals surface area contributed by atoms with E-state index in [9.17, 15) is 4.79 Å². The van der Waals surface area contributed by atoms with E-state index in [1.807, 2.05) is 23.1 Å². The standard InChI is InChI=1S/C15H22N2O3.ClH/c1-11-10-16-6-7-17(11)15(18)9-12-4-5-13(19-2)14(8-12)20-3;/h4-5,8,11,16H,6-7,9-10H2,1-3H3;1H. The van der Waals surface area contributed by atoms with Crippen LogP contribution in [-0.4, -0.2) is 50.7 Å². The lowest BCUT2D eigenvalue weighted by Crippen LogP contribution is -2.52. The number of rotatable bonds is 4. The maximum atomic E-state index is 12.4. The zero-order valence-corrected chi connectivity index (χ0v) is 13.5. The van der Waals surface area contributed by atoms with Gasteiger partial charge in [-0.2, -0.15) is 0 Å². The number of hydrogen-bond donors (Lipinski definition) is 1. The van der Waals surface area contributed by atoms with Crippen molar-refractivity contribution < 1.29 is 14.3 Å². The van der Waals surface area contributed by atoms with E-state index in [4.69, 9.17) is 9.47 Å². The van der Waals surface area contributed by atoms with E-state index >= 15 is 0 Å². The van der Waals surface area contributed by atoms with Crippen LogP contribution in [-0.2, 0) is 11.2 Å². The summed E-state index contributed by atoms with van der Waals surface area (Å²) < 4.78 is 10.5. The van der Waals surface area contributed by atoms with Crippen molar-refractivity contribution in [2.24, 2.45) is 0 Å². The number of nitrogens with zero attached hydrogens (tertiary/aromatic N) is 1. The monoisotopic (exact) mass is 314 g/mol. The molecule has 21 heavy (non-hydrogen) atoms. The van der Waals surface area contributed by atoms with Crippen LogP contribution in [0.15, 0.2) is 18.2 Å².